The molecule has 2 aliphatic heterocycles. The van der Waals surface area contributed by atoms with Gasteiger partial charge in [0.25, 0.3) is 5.91 Å². The Bertz CT molecular complexity index is 1570. The van der Waals surface area contributed by atoms with Gasteiger partial charge in [-0.3, -0.25) is 9.59 Å². The van der Waals surface area contributed by atoms with Crippen molar-refractivity contribution in [1.82, 2.24) is 4.90 Å². The van der Waals surface area contributed by atoms with Crippen LogP contribution in [0.4, 0.5) is 0 Å². The molecule has 4 aromatic rings. The number of nitrogens with zero attached hydrogens (tertiary/aromatic N) is 1. The zero-order valence-electron chi connectivity index (χ0n) is 19.0. The molecule has 0 saturated carbocycles. The van der Waals surface area contributed by atoms with Gasteiger partial charge in [0, 0.05) is 6.54 Å². The van der Waals surface area contributed by atoms with Crippen LogP contribution in [0, 0.1) is 6.92 Å². The van der Waals surface area contributed by atoms with E-state index < -0.39 is 11.9 Å². The van der Waals surface area contributed by atoms with Crippen LogP contribution in [0.15, 0.2) is 63.8 Å². The SMILES string of the molecule is COc1cc([C@@H]2c3c(oc4ccc(C)cc4c3=O)C(=O)N2Cc2ccc3c(c2)OCO3)ccc1O. The minimum Gasteiger partial charge on any atom is -0.504 e. The molecule has 0 aliphatic carbocycles. The summed E-state index contributed by atoms with van der Waals surface area (Å²) in [5, 5.41) is 10.5. The normalized spacial score (nSPS) is 16.1. The molecule has 35 heavy (non-hydrogen) atoms. The van der Waals surface area contributed by atoms with E-state index in [1.807, 2.05) is 25.1 Å². The van der Waals surface area contributed by atoms with Crippen LogP contribution in [0.25, 0.3) is 11.0 Å². The lowest BCUT2D eigenvalue weighted by molar-refractivity contribution is 0.0714. The van der Waals surface area contributed by atoms with Crippen molar-refractivity contribution in [2.45, 2.75) is 19.5 Å². The van der Waals surface area contributed by atoms with E-state index in [-0.39, 0.29) is 41.6 Å². The van der Waals surface area contributed by atoms with Gasteiger partial charge in [0.15, 0.2) is 28.4 Å². The second-order valence-electron chi connectivity index (χ2n) is 8.63. The molecule has 8 nitrogen and oxygen atoms in total. The second-order valence-corrected chi connectivity index (χ2v) is 8.63. The lowest BCUT2D eigenvalue weighted by atomic mass is 9.97. The number of methoxy groups -OCH3 is 1. The van der Waals surface area contributed by atoms with Gasteiger partial charge < -0.3 is 28.6 Å². The van der Waals surface area contributed by atoms with Crippen molar-refractivity contribution in [3.05, 3.63) is 92.8 Å². The molecule has 1 amide bonds. The largest absolute Gasteiger partial charge is 0.504 e. The van der Waals surface area contributed by atoms with Crippen molar-refractivity contribution in [2.75, 3.05) is 13.9 Å². The summed E-state index contributed by atoms with van der Waals surface area (Å²) in [5.41, 5.74) is 2.70. The molecule has 0 bridgehead atoms. The Kier molecular flexibility index (Phi) is 4.70. The predicted octanol–water partition coefficient (Wildman–Crippen LogP) is 4.29. The third-order valence-electron chi connectivity index (χ3n) is 6.43. The molecule has 0 saturated heterocycles. The minimum absolute atomic E-state index is 0.0177. The Morgan fingerprint density at radius 3 is 2.69 bits per heavy atom. The van der Waals surface area contributed by atoms with Gasteiger partial charge in [0.2, 0.25) is 12.6 Å². The summed E-state index contributed by atoms with van der Waals surface area (Å²) in [5.74, 6) is 1.07. The van der Waals surface area contributed by atoms with Crippen molar-refractivity contribution in [1.29, 1.82) is 0 Å². The van der Waals surface area contributed by atoms with E-state index in [1.54, 1.807) is 35.2 Å². The van der Waals surface area contributed by atoms with Crippen LogP contribution in [-0.4, -0.2) is 29.8 Å². The summed E-state index contributed by atoms with van der Waals surface area (Å²) in [7, 11) is 1.45. The lowest BCUT2D eigenvalue weighted by Crippen LogP contribution is -2.29. The number of phenols is 1. The zero-order valence-corrected chi connectivity index (χ0v) is 19.0. The van der Waals surface area contributed by atoms with Crippen molar-refractivity contribution < 1.29 is 28.5 Å². The van der Waals surface area contributed by atoms with Gasteiger partial charge in [-0.15, -0.1) is 0 Å². The first kappa shape index (κ1) is 21.1. The Hall–Kier alpha value is -4.46. The maximum Gasteiger partial charge on any atom is 0.291 e. The highest BCUT2D eigenvalue weighted by atomic mass is 16.7. The van der Waals surface area contributed by atoms with Gasteiger partial charge in [-0.05, 0) is 54.4 Å². The molecule has 6 rings (SSSR count). The number of hydrogen-bond acceptors (Lipinski definition) is 7. The van der Waals surface area contributed by atoms with Crippen molar-refractivity contribution in [3.63, 3.8) is 0 Å². The summed E-state index contributed by atoms with van der Waals surface area (Å²) < 4.78 is 22.2. The van der Waals surface area contributed by atoms with Gasteiger partial charge in [0.05, 0.1) is 24.1 Å². The van der Waals surface area contributed by atoms with Gasteiger partial charge >= 0.3 is 0 Å². The van der Waals surface area contributed by atoms with Gasteiger partial charge in [0.1, 0.15) is 5.58 Å². The molecule has 3 heterocycles. The van der Waals surface area contributed by atoms with E-state index in [0.29, 0.717) is 28.0 Å². The molecule has 3 aromatic carbocycles. The number of phenolic OH excluding ortho intramolecular Hbond substituents is 1. The number of aryl methyl sites for hydroxylation is 1. The fourth-order valence-electron chi connectivity index (χ4n) is 4.74. The second kappa shape index (κ2) is 7.80. The van der Waals surface area contributed by atoms with Crippen molar-refractivity contribution in [3.8, 4) is 23.0 Å². The fourth-order valence-corrected chi connectivity index (χ4v) is 4.74. The quantitative estimate of drug-likeness (QED) is 0.474. The highest BCUT2D eigenvalue weighted by Crippen LogP contribution is 2.42. The van der Waals surface area contributed by atoms with Crippen LogP contribution in [-0.2, 0) is 6.54 Å². The molecule has 8 heteroatoms. The highest BCUT2D eigenvalue weighted by Gasteiger charge is 2.43. The van der Waals surface area contributed by atoms with E-state index in [9.17, 15) is 14.7 Å². The lowest BCUT2D eigenvalue weighted by Gasteiger charge is -2.25. The van der Waals surface area contributed by atoms with E-state index in [1.165, 1.54) is 13.2 Å². The average molecular weight is 471 g/mol. The summed E-state index contributed by atoms with van der Waals surface area (Å²) in [6.45, 7) is 2.24. The van der Waals surface area contributed by atoms with Crippen LogP contribution in [0.3, 0.4) is 0 Å². The Morgan fingerprint density at radius 2 is 1.86 bits per heavy atom. The first-order valence-corrected chi connectivity index (χ1v) is 11.1. The summed E-state index contributed by atoms with van der Waals surface area (Å²) >= 11 is 0. The molecule has 0 fully saturated rings. The molecular formula is C27H21NO7. The van der Waals surface area contributed by atoms with Gasteiger partial charge in [-0.25, -0.2) is 0 Å². The third kappa shape index (κ3) is 3.29. The van der Waals surface area contributed by atoms with E-state index in [4.69, 9.17) is 18.6 Å². The summed E-state index contributed by atoms with van der Waals surface area (Å²) in [6, 6.07) is 14.8. The molecule has 176 valence electrons. The molecule has 1 atom stereocenters. The number of rotatable bonds is 4. The smallest absolute Gasteiger partial charge is 0.291 e. The standard InChI is InChI=1S/C27H21NO7/c1-14-3-7-19-17(9-14)25(30)23-24(16-5-6-18(29)21(11-16)32-2)28(27(31)26(23)35-19)12-15-4-8-20-22(10-15)34-13-33-20/h3-11,24,29H,12-13H2,1-2H3/t24-/m1/s1. The maximum atomic E-state index is 13.7. The Morgan fingerprint density at radius 1 is 1.03 bits per heavy atom. The fraction of sp³-hybridized carbons (Fsp3) is 0.185. The number of carbonyl (C=O) groups excluding carboxylic acids is 1. The minimum atomic E-state index is -0.737. The van der Waals surface area contributed by atoms with Gasteiger partial charge in [-0.1, -0.05) is 23.8 Å². The number of benzene rings is 3. The van der Waals surface area contributed by atoms with Crippen LogP contribution in [0.1, 0.15) is 38.9 Å². The van der Waals surface area contributed by atoms with Crippen LogP contribution in [0.5, 0.6) is 23.0 Å². The highest BCUT2D eigenvalue weighted by molar-refractivity contribution is 5.99. The molecule has 2 aliphatic rings. The number of hydrogen-bond donors (Lipinski definition) is 1. The first-order chi connectivity index (χ1) is 16.9. The maximum absolute atomic E-state index is 13.7. The number of aromatic hydroxyl groups is 1. The summed E-state index contributed by atoms with van der Waals surface area (Å²) in [6.07, 6.45) is 0. The van der Waals surface area contributed by atoms with Crippen LogP contribution < -0.4 is 19.6 Å². The number of fused-ring (bicyclic) bond motifs is 3. The van der Waals surface area contributed by atoms with Crippen molar-refractivity contribution in [2.24, 2.45) is 0 Å². The van der Waals surface area contributed by atoms with Crippen LogP contribution in [0.2, 0.25) is 0 Å². The number of ether oxygens (including phenoxy) is 3. The first-order valence-electron chi connectivity index (χ1n) is 11.1. The Labute approximate surface area is 199 Å². The molecule has 1 aromatic heterocycles. The number of amides is 1. The van der Waals surface area contributed by atoms with Crippen LogP contribution >= 0.6 is 0 Å². The molecule has 0 spiro atoms. The molecule has 0 radical (unpaired) electrons. The summed E-state index contributed by atoms with van der Waals surface area (Å²) in [4.78, 5) is 29.0. The molecule has 1 N–H and O–H groups in total. The topological polar surface area (TPSA) is 98.4 Å². The van der Waals surface area contributed by atoms with E-state index in [0.717, 1.165) is 11.1 Å². The predicted molar refractivity (Wildman–Crippen MR) is 126 cm³/mol. The van der Waals surface area contributed by atoms with Gasteiger partial charge in [-0.2, -0.15) is 0 Å². The molecule has 0 unspecified atom stereocenters. The van der Waals surface area contributed by atoms with Crippen molar-refractivity contribution >= 4 is 16.9 Å². The molecular weight excluding hydrogens is 450 g/mol. The number of carbonyl (C=O) groups is 1. The monoisotopic (exact) mass is 471 g/mol. The average Bonchev–Trinajstić information content (AvgIpc) is 3.43. The Balaban J connectivity index is 1.54. The van der Waals surface area contributed by atoms with E-state index in [2.05, 4.69) is 0 Å². The third-order valence-corrected chi connectivity index (χ3v) is 6.43. The zero-order chi connectivity index (χ0) is 24.3. The van der Waals surface area contributed by atoms with E-state index >= 15 is 0 Å².